The second-order valence-corrected chi connectivity index (χ2v) is 19.9. The van der Waals surface area contributed by atoms with Gasteiger partial charge < -0.3 is 0 Å². The highest BCUT2D eigenvalue weighted by molar-refractivity contribution is 4.92. The molecule has 1 aromatic heterocycles. The maximum atomic E-state index is 5.34. The molecule has 0 saturated heterocycles. The lowest BCUT2D eigenvalue weighted by Gasteiger charge is -2.31. The van der Waals surface area contributed by atoms with Crippen LogP contribution in [0.1, 0.15) is 275 Å². The van der Waals surface area contributed by atoms with Gasteiger partial charge in [0.15, 0.2) is 0 Å². The number of fused-ring (bicyclic) bond motifs is 5. The van der Waals surface area contributed by atoms with Gasteiger partial charge in [-0.15, -0.1) is 17.4 Å². The van der Waals surface area contributed by atoms with E-state index >= 15 is 0 Å². The Morgan fingerprint density at radius 1 is 0.464 bits per heavy atom. The van der Waals surface area contributed by atoms with Crippen LogP contribution in [0.4, 0.5) is 0 Å². The van der Waals surface area contributed by atoms with Gasteiger partial charge >= 0.3 is 0 Å². The smallest absolute Gasteiger partial charge is 0.0827 e. The Labute approximate surface area is 350 Å². The van der Waals surface area contributed by atoms with E-state index < -0.39 is 0 Å². The Bertz CT molecular complexity index is 1070. The first-order chi connectivity index (χ1) is 27.8. The van der Waals surface area contributed by atoms with Crippen LogP contribution >= 0.6 is 0 Å². The Morgan fingerprint density at radius 3 is 1.50 bits per heavy atom. The van der Waals surface area contributed by atoms with Crippen molar-refractivity contribution in [3.63, 3.8) is 0 Å². The summed E-state index contributed by atoms with van der Waals surface area (Å²) in [6, 6.07) is 0. The van der Waals surface area contributed by atoms with E-state index in [1.165, 1.54) is 256 Å². The number of hydrogen-bond acceptors (Lipinski definition) is 2. The van der Waals surface area contributed by atoms with Crippen LogP contribution in [0.2, 0.25) is 0 Å². The first-order valence-corrected chi connectivity index (χ1v) is 26.1. The molecule has 2 bridgehead atoms. The minimum Gasteiger partial charge on any atom is -0.252 e. The van der Waals surface area contributed by atoms with Crippen LogP contribution in [0.25, 0.3) is 0 Å². The second-order valence-electron chi connectivity index (χ2n) is 19.9. The fourth-order valence-electron chi connectivity index (χ4n) is 11.4. The van der Waals surface area contributed by atoms with Gasteiger partial charge in [0.25, 0.3) is 0 Å². The van der Waals surface area contributed by atoms with Crippen LogP contribution in [0.5, 0.6) is 0 Å². The van der Waals surface area contributed by atoms with Gasteiger partial charge in [0, 0.05) is 19.2 Å². The molecule has 0 aliphatic heterocycles. The van der Waals surface area contributed by atoms with Crippen molar-refractivity contribution in [1.82, 2.24) is 15.0 Å². The number of hydrogen-bond donors (Lipinski definition) is 0. The molecule has 322 valence electrons. The molecular weight excluding hydrogens is 679 g/mol. The normalized spacial score (nSPS) is 25.2. The van der Waals surface area contributed by atoms with Gasteiger partial charge in [0.2, 0.25) is 0 Å². The van der Waals surface area contributed by atoms with Crippen LogP contribution in [0.3, 0.4) is 0 Å². The Balaban J connectivity index is 1.10. The van der Waals surface area contributed by atoms with Crippen LogP contribution in [-0.4, -0.2) is 15.0 Å². The van der Waals surface area contributed by atoms with Gasteiger partial charge in [-0.3, -0.25) is 4.68 Å². The van der Waals surface area contributed by atoms with Gasteiger partial charge in [-0.1, -0.05) is 243 Å². The molecule has 5 atom stereocenters. The molecule has 0 spiro atoms. The van der Waals surface area contributed by atoms with E-state index in [0.29, 0.717) is 0 Å². The Morgan fingerprint density at radius 2 is 0.911 bits per heavy atom. The quantitative estimate of drug-likeness (QED) is 0.0868. The fourth-order valence-corrected chi connectivity index (χ4v) is 11.4. The van der Waals surface area contributed by atoms with Crippen molar-refractivity contribution in [1.29, 1.82) is 0 Å². The van der Waals surface area contributed by atoms with Crippen LogP contribution < -0.4 is 0 Å². The number of aromatic nitrogens is 3. The summed E-state index contributed by atoms with van der Waals surface area (Å²) in [5.74, 6) is 7.65. The Kier molecular flexibility index (Phi) is 27.5. The van der Waals surface area contributed by atoms with Gasteiger partial charge in [-0.05, 0) is 61.7 Å². The summed E-state index contributed by atoms with van der Waals surface area (Å²) in [5, 5.41) is 9.31. The zero-order chi connectivity index (χ0) is 39.0. The van der Waals surface area contributed by atoms with Crippen molar-refractivity contribution in [2.45, 2.75) is 283 Å². The lowest BCUT2D eigenvalue weighted by atomic mass is 9.75. The molecule has 4 unspecified atom stereocenters. The number of nitrogens with zero attached hydrogens (tertiary/aromatic N) is 3. The number of terminal acetylenes is 1. The van der Waals surface area contributed by atoms with Gasteiger partial charge in [-0.2, -0.15) is 0 Å². The zero-order valence-electron chi connectivity index (χ0n) is 37.5. The summed E-state index contributed by atoms with van der Waals surface area (Å²) in [5.41, 5.74) is 1.23. The summed E-state index contributed by atoms with van der Waals surface area (Å²) in [6.07, 6.45) is 69.4. The predicted octanol–water partition coefficient (Wildman–Crippen LogP) is 17.0. The third kappa shape index (κ3) is 22.7. The molecule has 0 aromatic carbocycles. The van der Waals surface area contributed by atoms with Crippen LogP contribution in [0, 0.1) is 41.9 Å². The van der Waals surface area contributed by atoms with Gasteiger partial charge in [0.1, 0.15) is 0 Å². The minimum absolute atomic E-state index is 0.865. The third-order valence-corrected chi connectivity index (χ3v) is 15.2. The third-order valence-electron chi connectivity index (χ3n) is 15.2. The van der Waals surface area contributed by atoms with E-state index in [2.05, 4.69) is 27.1 Å². The van der Waals surface area contributed by atoms with Crippen LogP contribution in [0.15, 0.2) is 6.20 Å². The molecule has 1 heterocycles. The summed E-state index contributed by atoms with van der Waals surface area (Å²) < 4.78 is 2.22. The minimum atomic E-state index is 0.865. The SMILES string of the molecule is C#CCCCCCCCCCCCCCCCCCCCc1cn(CCC2CCC[C@@H]3CCCCCCC3CCC3CCCCCCCC(CCC3)CC2)nn1. The largest absolute Gasteiger partial charge is 0.252 e. The number of rotatable bonds is 22. The number of aryl methyl sites for hydroxylation is 2. The summed E-state index contributed by atoms with van der Waals surface area (Å²) >= 11 is 0. The average molecular weight is 774 g/mol. The molecule has 3 aliphatic rings. The monoisotopic (exact) mass is 774 g/mol. The van der Waals surface area contributed by atoms with Gasteiger partial charge in [-0.25, -0.2) is 0 Å². The zero-order valence-corrected chi connectivity index (χ0v) is 37.5. The highest BCUT2D eigenvalue weighted by atomic mass is 15.4. The topological polar surface area (TPSA) is 30.7 Å². The van der Waals surface area contributed by atoms with E-state index in [1.807, 2.05) is 0 Å². The van der Waals surface area contributed by atoms with Crippen molar-refractivity contribution < 1.29 is 0 Å². The number of unbranched alkanes of at least 4 members (excludes halogenated alkanes) is 17. The maximum absolute atomic E-state index is 5.34. The molecule has 3 nitrogen and oxygen atoms in total. The van der Waals surface area contributed by atoms with E-state index in [4.69, 9.17) is 6.42 Å². The lowest BCUT2D eigenvalue weighted by Crippen LogP contribution is -2.19. The molecule has 0 amide bonds. The Hall–Kier alpha value is -1.30. The molecule has 56 heavy (non-hydrogen) atoms. The molecule has 0 N–H and O–H groups in total. The van der Waals surface area contributed by atoms with E-state index in [-0.39, 0.29) is 0 Å². The summed E-state index contributed by atoms with van der Waals surface area (Å²) in [7, 11) is 0. The fraction of sp³-hybridized carbons (Fsp3) is 0.925. The highest BCUT2D eigenvalue weighted by Gasteiger charge is 2.25. The predicted molar refractivity (Wildman–Crippen MR) is 244 cm³/mol. The summed E-state index contributed by atoms with van der Waals surface area (Å²) in [4.78, 5) is 0. The van der Waals surface area contributed by atoms with Crippen molar-refractivity contribution in [3.8, 4) is 12.3 Å². The second kappa shape index (κ2) is 32.5. The highest BCUT2D eigenvalue weighted by Crippen LogP contribution is 2.38. The van der Waals surface area contributed by atoms with E-state index in [9.17, 15) is 0 Å². The molecule has 4 rings (SSSR count). The molecule has 3 fully saturated rings. The van der Waals surface area contributed by atoms with Crippen molar-refractivity contribution in [2.24, 2.45) is 29.6 Å². The molecule has 1 aromatic rings. The average Bonchev–Trinajstić information content (AvgIpc) is 3.65. The maximum Gasteiger partial charge on any atom is 0.0827 e. The first kappa shape index (κ1) is 47.4. The summed E-state index contributed by atoms with van der Waals surface area (Å²) in [6.45, 7) is 1.07. The standard InChI is InChI=1S/C53H95N3/c1-2-3-4-5-6-7-8-9-10-11-12-13-14-15-16-17-18-22-29-40-53-47-56(55-54-53)46-45-50-36-31-39-51-37-27-23-24-28-38-52(51)44-43-49-33-26-21-19-20-25-32-48(41-42-50)34-30-35-49/h1,47-52H,3-46H2/t48?,49?,50?,51-,52?/m0/s1. The van der Waals surface area contributed by atoms with Crippen molar-refractivity contribution >= 4 is 0 Å². The molecule has 3 heteroatoms. The first-order valence-electron chi connectivity index (χ1n) is 26.1. The molecule has 3 aliphatic carbocycles. The van der Waals surface area contributed by atoms with Crippen molar-refractivity contribution in [2.75, 3.05) is 0 Å². The van der Waals surface area contributed by atoms with Crippen LogP contribution in [-0.2, 0) is 13.0 Å². The van der Waals surface area contributed by atoms with E-state index in [0.717, 1.165) is 49.0 Å². The van der Waals surface area contributed by atoms with Gasteiger partial charge in [0.05, 0.1) is 5.69 Å². The molecule has 0 radical (unpaired) electrons. The molecular formula is C53H95N3. The van der Waals surface area contributed by atoms with E-state index in [1.54, 1.807) is 12.8 Å². The molecule has 3 saturated carbocycles. The van der Waals surface area contributed by atoms with Crippen molar-refractivity contribution in [3.05, 3.63) is 11.9 Å². The lowest BCUT2D eigenvalue weighted by molar-refractivity contribution is 0.206.